The fourth-order valence-corrected chi connectivity index (χ4v) is 16.4. The Morgan fingerprint density at radius 1 is 0.440 bits per heavy atom. The van der Waals surface area contributed by atoms with Gasteiger partial charge < -0.3 is 35.6 Å². The van der Waals surface area contributed by atoms with Gasteiger partial charge in [-0.1, -0.05) is 60.3 Å². The van der Waals surface area contributed by atoms with E-state index in [0.29, 0.717) is 30.1 Å². The second-order valence-electron chi connectivity index (χ2n) is 34.3. The molecule has 4 saturated heterocycles. The number of nitrogens with zero attached hydrogens (tertiary/aromatic N) is 12. The minimum Gasteiger partial charge on any atom is -0.349 e. The van der Waals surface area contributed by atoms with E-state index in [-0.39, 0.29) is 55.3 Å². The van der Waals surface area contributed by atoms with Crippen LogP contribution in [-0.4, -0.2) is 166 Å². The van der Waals surface area contributed by atoms with Gasteiger partial charge in [0.15, 0.2) is 0 Å². The van der Waals surface area contributed by atoms with Gasteiger partial charge in [-0.2, -0.15) is 29.9 Å². The SMILES string of the molecule is CCCCN(c1nc(C)nc(N(CCCC)C2CC(C)(C)N(C)C(C)(C)C2)n1)C1CC(C)(C)N(C)C(C)(C)C1.Cc1nc(NC(C)(C)CC(C)(C)C)nc(N(CCCCCCN(C)C2CC(C)(C)NC(C)(C)C2)C2CC(C)(C)NC(C)(C)C2)n1. The largest absolute Gasteiger partial charge is 0.349 e. The van der Waals surface area contributed by atoms with Crippen molar-refractivity contribution in [2.75, 3.05) is 67.3 Å². The topological polar surface area (TPSA) is 133 Å². The number of piperidine rings is 4. The molecule has 0 radical (unpaired) electrons. The first-order valence-electron chi connectivity index (χ1n) is 33.6. The van der Waals surface area contributed by atoms with Gasteiger partial charge >= 0.3 is 0 Å². The van der Waals surface area contributed by atoms with Gasteiger partial charge in [-0.05, 0) is 255 Å². The van der Waals surface area contributed by atoms with E-state index in [1.54, 1.807) is 0 Å². The highest BCUT2D eigenvalue weighted by Crippen LogP contribution is 2.43. The van der Waals surface area contributed by atoms with Crippen molar-refractivity contribution in [3.63, 3.8) is 0 Å². The molecule has 0 atom stereocenters. The molecule has 0 amide bonds. The van der Waals surface area contributed by atoms with Crippen LogP contribution in [-0.2, 0) is 0 Å². The molecule has 15 nitrogen and oxygen atoms in total. The van der Waals surface area contributed by atoms with Gasteiger partial charge in [-0.25, -0.2) is 0 Å². The molecule has 6 rings (SSSR count). The van der Waals surface area contributed by atoms with E-state index in [4.69, 9.17) is 29.9 Å². The summed E-state index contributed by atoms with van der Waals surface area (Å²) in [6, 6.07) is 1.81. The first-order valence-corrected chi connectivity index (χ1v) is 33.6. The Kier molecular flexibility index (Phi) is 23.4. The summed E-state index contributed by atoms with van der Waals surface area (Å²) < 4.78 is 0. The van der Waals surface area contributed by atoms with Gasteiger partial charge in [0.2, 0.25) is 23.8 Å². The first kappa shape index (κ1) is 71.8. The lowest BCUT2D eigenvalue weighted by Crippen LogP contribution is -2.63. The van der Waals surface area contributed by atoms with E-state index in [2.05, 4.69) is 233 Å². The third-order valence-electron chi connectivity index (χ3n) is 19.7. The molecule has 4 aliphatic heterocycles. The Bertz CT molecular complexity index is 2240. The van der Waals surface area contributed by atoms with Crippen LogP contribution in [0.4, 0.5) is 23.8 Å². The Labute approximate surface area is 517 Å². The van der Waals surface area contributed by atoms with Gasteiger partial charge in [0.1, 0.15) is 11.6 Å². The van der Waals surface area contributed by atoms with Crippen molar-refractivity contribution in [1.82, 2.24) is 55.2 Å². The fraction of sp³-hybridized carbons (Fsp3) is 0.913. The van der Waals surface area contributed by atoms with E-state index in [1.165, 1.54) is 38.6 Å². The van der Waals surface area contributed by atoms with Gasteiger partial charge in [-0.3, -0.25) is 9.80 Å². The second-order valence-corrected chi connectivity index (χ2v) is 34.3. The van der Waals surface area contributed by atoms with E-state index >= 15 is 0 Å². The predicted octanol–water partition coefficient (Wildman–Crippen LogP) is 14.4. The molecule has 0 saturated carbocycles. The summed E-state index contributed by atoms with van der Waals surface area (Å²) in [4.78, 5) is 45.5. The number of hydrogen-bond donors (Lipinski definition) is 3. The minimum atomic E-state index is -0.125. The Hall–Kier alpha value is -2.98. The Morgan fingerprint density at radius 3 is 1.13 bits per heavy atom. The maximum atomic E-state index is 5.32. The third kappa shape index (κ3) is 20.5. The quantitative estimate of drug-likeness (QED) is 0.0911. The van der Waals surface area contributed by atoms with Crippen molar-refractivity contribution >= 4 is 23.8 Å². The first-order chi connectivity index (χ1) is 38.3. The molecule has 2 aromatic rings. The molecule has 484 valence electrons. The number of unbranched alkanes of at least 4 members (excludes halogenated alkanes) is 5. The summed E-state index contributed by atoms with van der Waals surface area (Å²) in [7, 11) is 6.91. The van der Waals surface area contributed by atoms with Crippen LogP contribution in [0.3, 0.4) is 0 Å². The van der Waals surface area contributed by atoms with Gasteiger partial charge in [-0.15, -0.1) is 0 Å². The number of likely N-dealkylation sites (tertiary alicyclic amines) is 2. The summed E-state index contributed by atoms with van der Waals surface area (Å²) in [6.07, 6.45) is 19.5. The van der Waals surface area contributed by atoms with Crippen LogP contribution < -0.4 is 30.7 Å². The lowest BCUT2D eigenvalue weighted by molar-refractivity contribution is -0.0130. The van der Waals surface area contributed by atoms with Crippen molar-refractivity contribution in [1.29, 1.82) is 0 Å². The van der Waals surface area contributed by atoms with E-state index in [0.717, 1.165) is 126 Å². The molecule has 0 aliphatic carbocycles. The van der Waals surface area contributed by atoms with Crippen LogP contribution in [0.15, 0.2) is 0 Å². The average Bonchev–Trinajstić information content (AvgIpc) is 2.45. The average molecular weight is 1170 g/mol. The van der Waals surface area contributed by atoms with Crippen LogP contribution in [0, 0.1) is 19.3 Å². The highest BCUT2D eigenvalue weighted by Gasteiger charge is 2.48. The summed E-state index contributed by atoms with van der Waals surface area (Å²) >= 11 is 0. The lowest BCUT2D eigenvalue weighted by atomic mass is 9.77. The Morgan fingerprint density at radius 2 is 0.762 bits per heavy atom. The standard InChI is InChI=1S/C37H72N8.C32H61N7/c1-27-38-30(41-37(13,14)26-32(2,3)4)40-31(39-27)45(29-24-35(9,10)43-36(11,12)25-29)21-19-17-16-18-20-44(15)28-22-33(5,6)42-34(7,8)23-28;1-14-16-18-38(25-20-29(4,5)36(12)30(6,7)21-25)27-33-24(3)34-28(35-27)39(19-17-15-2)26-22-31(8,9)37(13)32(10,11)23-26/h28-29,42-43H,16-26H2,1-15H3,(H,38,39,40,41);25-26H,14-23H2,1-13H3. The lowest BCUT2D eigenvalue weighted by Gasteiger charge is -2.56. The van der Waals surface area contributed by atoms with Crippen LogP contribution in [0.5, 0.6) is 0 Å². The molecule has 0 spiro atoms. The van der Waals surface area contributed by atoms with Gasteiger partial charge in [0.25, 0.3) is 0 Å². The van der Waals surface area contributed by atoms with Crippen LogP contribution in [0.25, 0.3) is 0 Å². The molecule has 0 bridgehead atoms. The molecule has 15 heteroatoms. The molecule has 84 heavy (non-hydrogen) atoms. The Balaban J connectivity index is 0.000000310. The molecular formula is C69H133N15. The summed E-state index contributed by atoms with van der Waals surface area (Å²) in [6.45, 7) is 61.9. The highest BCUT2D eigenvalue weighted by molar-refractivity contribution is 5.43. The smallest absolute Gasteiger partial charge is 0.230 e. The molecule has 0 unspecified atom stereocenters. The van der Waals surface area contributed by atoms with Crippen LogP contribution in [0.2, 0.25) is 0 Å². The minimum absolute atomic E-state index is 0.0465. The monoisotopic (exact) mass is 1170 g/mol. The van der Waals surface area contributed by atoms with Gasteiger partial charge in [0.05, 0.1) is 0 Å². The molecule has 3 N–H and O–H groups in total. The van der Waals surface area contributed by atoms with Crippen molar-refractivity contribution in [2.24, 2.45) is 5.41 Å². The molecule has 0 aromatic carbocycles. The van der Waals surface area contributed by atoms with Crippen molar-refractivity contribution in [3.8, 4) is 0 Å². The second kappa shape index (κ2) is 27.4. The van der Waals surface area contributed by atoms with Crippen LogP contribution in [0.1, 0.15) is 280 Å². The van der Waals surface area contributed by atoms with Crippen molar-refractivity contribution in [2.45, 2.75) is 356 Å². The van der Waals surface area contributed by atoms with E-state index < -0.39 is 0 Å². The zero-order valence-corrected chi connectivity index (χ0v) is 60.0. The normalized spacial score (nSPS) is 22.8. The summed E-state index contributed by atoms with van der Waals surface area (Å²) in [5, 5.41) is 11.4. The van der Waals surface area contributed by atoms with E-state index in [1.807, 2.05) is 6.92 Å². The van der Waals surface area contributed by atoms with E-state index in [9.17, 15) is 0 Å². The number of hydrogen-bond acceptors (Lipinski definition) is 15. The van der Waals surface area contributed by atoms with Crippen LogP contribution >= 0.6 is 0 Å². The highest BCUT2D eigenvalue weighted by atomic mass is 15.4. The number of aryl methyl sites for hydroxylation is 2. The fourth-order valence-electron chi connectivity index (χ4n) is 16.4. The number of anilines is 4. The maximum Gasteiger partial charge on any atom is 0.230 e. The predicted molar refractivity (Wildman–Crippen MR) is 360 cm³/mol. The molecule has 4 aliphatic rings. The zero-order chi connectivity index (χ0) is 63.5. The molecule has 6 heterocycles. The summed E-state index contributed by atoms with van der Waals surface area (Å²) in [5.74, 6) is 4.87. The van der Waals surface area contributed by atoms with Crippen molar-refractivity contribution in [3.05, 3.63) is 11.6 Å². The molecule has 4 fully saturated rings. The summed E-state index contributed by atoms with van der Waals surface area (Å²) in [5.41, 5.74) is 0.992. The third-order valence-corrected chi connectivity index (χ3v) is 19.7. The van der Waals surface area contributed by atoms with Gasteiger partial charge in [0, 0.05) is 93.7 Å². The maximum absolute atomic E-state index is 5.32. The number of nitrogens with one attached hydrogen (secondary N) is 3. The molecular weight excluding hydrogens is 1040 g/mol. The zero-order valence-electron chi connectivity index (χ0n) is 60.0. The van der Waals surface area contributed by atoms with Crippen molar-refractivity contribution < 1.29 is 0 Å². The number of rotatable bonds is 23. The number of aromatic nitrogens is 6. The molecule has 2 aromatic heterocycles.